The van der Waals surface area contributed by atoms with Crippen molar-refractivity contribution in [2.75, 3.05) is 20.2 Å². The van der Waals surface area contributed by atoms with E-state index >= 15 is 0 Å². The number of nitrogens with one attached hydrogen (secondary N) is 1. The van der Waals surface area contributed by atoms with Crippen LogP contribution >= 0.6 is 0 Å². The highest BCUT2D eigenvalue weighted by molar-refractivity contribution is 5.89. The highest BCUT2D eigenvalue weighted by Crippen LogP contribution is 2.02. The van der Waals surface area contributed by atoms with Crippen LogP contribution in [0.25, 0.3) is 0 Å². The number of nitrogens with zero attached hydrogens (tertiary/aromatic N) is 1. The summed E-state index contributed by atoms with van der Waals surface area (Å²) in [6, 6.07) is 0. The predicted octanol–water partition coefficient (Wildman–Crippen LogP) is 0.228. The largest absolute Gasteiger partial charge is 0.399 e. The molecule has 0 aromatic rings. The Kier molecular flexibility index (Phi) is 2.05. The van der Waals surface area contributed by atoms with Crippen LogP contribution in [0.15, 0.2) is 5.16 Å². The normalized spacial score (nSPS) is 31.3. The van der Waals surface area contributed by atoms with Crippen LogP contribution < -0.4 is 5.32 Å². The molecule has 9 heavy (non-hydrogen) atoms. The third-order valence-electron chi connectivity index (χ3n) is 1.53. The summed E-state index contributed by atoms with van der Waals surface area (Å²) in [5.41, 5.74) is 1.12. The van der Waals surface area contributed by atoms with Gasteiger partial charge >= 0.3 is 0 Å². The van der Waals surface area contributed by atoms with E-state index in [2.05, 4.69) is 22.2 Å². The molecule has 1 saturated heterocycles. The Labute approximate surface area is 55.1 Å². The molecule has 3 heteroatoms. The minimum Gasteiger partial charge on any atom is -0.399 e. The van der Waals surface area contributed by atoms with Crippen molar-refractivity contribution in [3.63, 3.8) is 0 Å². The van der Waals surface area contributed by atoms with Crippen LogP contribution in [0.3, 0.4) is 0 Å². The number of oxime groups is 1. The molecule has 0 aromatic heterocycles. The van der Waals surface area contributed by atoms with Crippen LogP contribution in [0, 0.1) is 5.92 Å². The minimum atomic E-state index is 0.546. The highest BCUT2D eigenvalue weighted by Gasteiger charge is 2.17. The second-order valence-electron chi connectivity index (χ2n) is 2.30. The first-order valence-corrected chi connectivity index (χ1v) is 3.15. The summed E-state index contributed by atoms with van der Waals surface area (Å²) in [6.45, 7) is 4.05. The van der Waals surface area contributed by atoms with Gasteiger partial charge in [-0.05, 0) is 0 Å². The van der Waals surface area contributed by atoms with Gasteiger partial charge in [0.15, 0.2) is 0 Å². The Balaban J connectivity index is 2.48. The molecule has 52 valence electrons. The second kappa shape index (κ2) is 2.82. The van der Waals surface area contributed by atoms with Crippen molar-refractivity contribution in [1.29, 1.82) is 0 Å². The Morgan fingerprint density at radius 3 is 3.00 bits per heavy atom. The average Bonchev–Trinajstić information content (AvgIpc) is 2.18. The molecule has 0 radical (unpaired) electrons. The molecule has 0 amide bonds. The van der Waals surface area contributed by atoms with Crippen molar-refractivity contribution in [2.24, 2.45) is 11.1 Å². The van der Waals surface area contributed by atoms with E-state index < -0.39 is 0 Å². The van der Waals surface area contributed by atoms with Crippen molar-refractivity contribution in [2.45, 2.75) is 6.92 Å². The second-order valence-corrected chi connectivity index (χ2v) is 2.30. The summed E-state index contributed by atoms with van der Waals surface area (Å²) in [5, 5.41) is 7.05. The van der Waals surface area contributed by atoms with Crippen molar-refractivity contribution in [1.82, 2.24) is 5.32 Å². The lowest BCUT2D eigenvalue weighted by Gasteiger charge is -1.98. The van der Waals surface area contributed by atoms with E-state index in [4.69, 9.17) is 0 Å². The van der Waals surface area contributed by atoms with Gasteiger partial charge in [0.05, 0.1) is 5.71 Å². The van der Waals surface area contributed by atoms with E-state index in [9.17, 15) is 0 Å². The molecule has 1 N–H and O–H groups in total. The van der Waals surface area contributed by atoms with Crippen LogP contribution in [0.2, 0.25) is 0 Å². The van der Waals surface area contributed by atoms with E-state index in [1.807, 2.05) is 0 Å². The molecular formula is C6H12N2O. The third-order valence-corrected chi connectivity index (χ3v) is 1.53. The van der Waals surface area contributed by atoms with Gasteiger partial charge in [-0.1, -0.05) is 12.1 Å². The molecule has 0 spiro atoms. The first-order chi connectivity index (χ1) is 4.34. The Bertz CT molecular complexity index is 122. The summed E-state index contributed by atoms with van der Waals surface area (Å²) in [6.07, 6.45) is 0. The lowest BCUT2D eigenvalue weighted by molar-refractivity contribution is 0.211. The zero-order valence-electron chi connectivity index (χ0n) is 5.85. The topological polar surface area (TPSA) is 33.6 Å². The van der Waals surface area contributed by atoms with Gasteiger partial charge in [0.1, 0.15) is 7.11 Å². The van der Waals surface area contributed by atoms with Gasteiger partial charge in [-0.15, -0.1) is 0 Å². The third kappa shape index (κ3) is 1.42. The monoisotopic (exact) mass is 128 g/mol. The van der Waals surface area contributed by atoms with Gasteiger partial charge in [-0.25, -0.2) is 0 Å². The summed E-state index contributed by atoms with van der Waals surface area (Å²) in [7, 11) is 1.58. The molecule has 1 rings (SSSR count). The van der Waals surface area contributed by atoms with Crippen LogP contribution in [-0.2, 0) is 4.84 Å². The molecule has 1 aliphatic rings. The van der Waals surface area contributed by atoms with Gasteiger partial charge in [-0.2, -0.15) is 0 Å². The predicted molar refractivity (Wildman–Crippen MR) is 36.5 cm³/mol. The van der Waals surface area contributed by atoms with E-state index in [0.29, 0.717) is 5.92 Å². The fraction of sp³-hybridized carbons (Fsp3) is 0.833. The molecule has 0 bridgehead atoms. The molecule has 1 fully saturated rings. The van der Waals surface area contributed by atoms with Gasteiger partial charge in [-0.3, -0.25) is 0 Å². The fourth-order valence-corrected chi connectivity index (χ4v) is 0.948. The maximum atomic E-state index is 4.64. The summed E-state index contributed by atoms with van der Waals surface area (Å²) in [4.78, 5) is 4.64. The maximum Gasteiger partial charge on any atom is 0.106 e. The highest BCUT2D eigenvalue weighted by atomic mass is 16.6. The number of hydrogen-bond acceptors (Lipinski definition) is 3. The lowest BCUT2D eigenvalue weighted by atomic mass is 10.1. The van der Waals surface area contributed by atoms with Gasteiger partial charge < -0.3 is 10.2 Å². The van der Waals surface area contributed by atoms with Crippen LogP contribution in [0.4, 0.5) is 0 Å². The molecule has 0 aromatic carbocycles. The zero-order valence-corrected chi connectivity index (χ0v) is 5.85. The Morgan fingerprint density at radius 1 is 1.78 bits per heavy atom. The standard InChI is InChI=1S/C6H12N2O/c1-5-3-7-4-6(5)8-9-2/h5,7H,3-4H2,1-2H3. The summed E-state index contributed by atoms with van der Waals surface area (Å²) >= 11 is 0. The quantitative estimate of drug-likeness (QED) is 0.513. The average molecular weight is 128 g/mol. The number of hydrogen-bond donors (Lipinski definition) is 1. The van der Waals surface area contributed by atoms with E-state index in [-0.39, 0.29) is 0 Å². The Morgan fingerprint density at radius 2 is 2.56 bits per heavy atom. The molecule has 0 saturated carbocycles. The molecule has 1 unspecified atom stereocenters. The van der Waals surface area contributed by atoms with Crippen LogP contribution in [0.5, 0.6) is 0 Å². The van der Waals surface area contributed by atoms with Crippen LogP contribution in [-0.4, -0.2) is 25.9 Å². The smallest absolute Gasteiger partial charge is 0.106 e. The van der Waals surface area contributed by atoms with Crippen LogP contribution in [0.1, 0.15) is 6.92 Å². The fourth-order valence-electron chi connectivity index (χ4n) is 0.948. The summed E-state index contributed by atoms with van der Waals surface area (Å²) in [5.74, 6) is 0.546. The lowest BCUT2D eigenvalue weighted by Crippen LogP contribution is -2.08. The van der Waals surface area contributed by atoms with Crippen molar-refractivity contribution < 1.29 is 4.84 Å². The van der Waals surface area contributed by atoms with Crippen molar-refractivity contribution in [3.8, 4) is 0 Å². The first kappa shape index (κ1) is 6.55. The molecule has 1 heterocycles. The number of rotatable bonds is 1. The molecule has 1 atom stereocenters. The van der Waals surface area contributed by atoms with E-state index in [1.165, 1.54) is 0 Å². The SMILES string of the molecule is CON=C1CNCC1C. The van der Waals surface area contributed by atoms with Crippen molar-refractivity contribution >= 4 is 5.71 Å². The molecular weight excluding hydrogens is 116 g/mol. The molecule has 3 nitrogen and oxygen atoms in total. The van der Waals surface area contributed by atoms with Gasteiger partial charge in [0.25, 0.3) is 0 Å². The van der Waals surface area contributed by atoms with E-state index in [0.717, 1.165) is 18.8 Å². The van der Waals surface area contributed by atoms with E-state index in [1.54, 1.807) is 7.11 Å². The molecule has 0 aliphatic carbocycles. The van der Waals surface area contributed by atoms with Gasteiger partial charge in [0.2, 0.25) is 0 Å². The maximum absolute atomic E-state index is 4.64. The minimum absolute atomic E-state index is 0.546. The van der Waals surface area contributed by atoms with Crippen molar-refractivity contribution in [3.05, 3.63) is 0 Å². The summed E-state index contributed by atoms with van der Waals surface area (Å²) < 4.78 is 0. The Hall–Kier alpha value is -0.570. The zero-order chi connectivity index (χ0) is 6.69. The van der Waals surface area contributed by atoms with Gasteiger partial charge in [0, 0.05) is 19.0 Å². The molecule has 1 aliphatic heterocycles. The first-order valence-electron chi connectivity index (χ1n) is 3.15.